The van der Waals surface area contributed by atoms with Gasteiger partial charge in [-0.15, -0.1) is 0 Å². The molecule has 2 aromatic rings. The van der Waals surface area contributed by atoms with Crippen molar-refractivity contribution >= 4 is 9.52 Å². The van der Waals surface area contributed by atoms with Crippen molar-refractivity contribution in [3.05, 3.63) is 57.6 Å². The predicted octanol–water partition coefficient (Wildman–Crippen LogP) is -0.0337. The standard InChI is InChI=1S/2C8H11.C4H11Si.2ClH.Zr/c2*1-6-4-5-7(2)8(6)3;1-3-5-4-2;;;/h2*4-5H,1-3H3;5H,3-4H2,1-2H3;2*1H;/q2*-1;;;;+4/p-2. The summed E-state index contributed by atoms with van der Waals surface area (Å²) < 4.78 is 0. The summed E-state index contributed by atoms with van der Waals surface area (Å²) in [5.41, 5.74) is 8.49. The zero-order chi connectivity index (χ0) is 16.4. The molecule has 0 heterocycles. The third-order valence-corrected chi connectivity index (χ3v) is 5.26. The molecule has 0 nitrogen and oxygen atoms in total. The monoisotopic (exact) mass is 461 g/mol. The first kappa shape index (κ1) is 32.1. The van der Waals surface area contributed by atoms with E-state index in [2.05, 4.69) is 79.7 Å². The van der Waals surface area contributed by atoms with Crippen LogP contribution in [0.25, 0.3) is 0 Å². The molecule has 0 N–H and O–H groups in total. The summed E-state index contributed by atoms with van der Waals surface area (Å²) in [6, 6.07) is 11.5. The molecule has 135 valence electrons. The zero-order valence-corrected chi connectivity index (χ0v) is 21.7. The van der Waals surface area contributed by atoms with Gasteiger partial charge < -0.3 is 24.8 Å². The Morgan fingerprint density at radius 2 is 1.04 bits per heavy atom. The normalized spacial score (nSPS) is 8.33. The van der Waals surface area contributed by atoms with Gasteiger partial charge in [-0.3, -0.25) is 0 Å². The Hall–Kier alpha value is 0.380. The van der Waals surface area contributed by atoms with E-state index in [1.807, 2.05) is 0 Å². The fourth-order valence-electron chi connectivity index (χ4n) is 1.91. The van der Waals surface area contributed by atoms with E-state index in [0.717, 1.165) is 9.52 Å². The van der Waals surface area contributed by atoms with Crippen LogP contribution in [0.1, 0.15) is 47.2 Å². The second-order valence-corrected chi connectivity index (χ2v) is 7.96. The van der Waals surface area contributed by atoms with Gasteiger partial charge in [-0.05, 0) is 0 Å². The Morgan fingerprint density at radius 1 is 0.750 bits per heavy atom. The Kier molecular flexibility index (Phi) is 24.3. The summed E-state index contributed by atoms with van der Waals surface area (Å²) in [5.74, 6) is 0. The van der Waals surface area contributed by atoms with E-state index in [1.165, 1.54) is 45.5 Å². The van der Waals surface area contributed by atoms with Crippen molar-refractivity contribution in [3.63, 3.8) is 0 Å². The SMILES string of the molecule is CC[SiH]CC.Cc1cc[c-](C)c1C.Cc1cc[c-](C)c1C.[Cl-].[Cl-].[Zr+4]. The summed E-state index contributed by atoms with van der Waals surface area (Å²) in [5, 5.41) is 0. The molecule has 0 aliphatic carbocycles. The molecule has 0 saturated carbocycles. The molecule has 0 amide bonds. The van der Waals surface area contributed by atoms with Crippen LogP contribution in [0.4, 0.5) is 0 Å². The summed E-state index contributed by atoms with van der Waals surface area (Å²) in [6.45, 7) is 17.4. The van der Waals surface area contributed by atoms with Crippen molar-refractivity contribution in [1.29, 1.82) is 0 Å². The van der Waals surface area contributed by atoms with Crippen LogP contribution in [0, 0.1) is 41.5 Å². The van der Waals surface area contributed by atoms with E-state index >= 15 is 0 Å². The molecule has 4 heteroatoms. The smallest absolute Gasteiger partial charge is 1.00 e. The number of rotatable bonds is 2. The number of hydrogen-bond acceptors (Lipinski definition) is 0. The maximum absolute atomic E-state index is 2.25. The number of hydrogen-bond donors (Lipinski definition) is 0. The predicted molar refractivity (Wildman–Crippen MR) is 101 cm³/mol. The molecule has 0 fully saturated rings. The van der Waals surface area contributed by atoms with Gasteiger partial charge in [0.25, 0.3) is 0 Å². The molecule has 1 radical (unpaired) electrons. The van der Waals surface area contributed by atoms with E-state index in [0.29, 0.717) is 0 Å². The van der Waals surface area contributed by atoms with Crippen molar-refractivity contribution in [2.75, 3.05) is 0 Å². The Bertz CT molecular complexity index is 430. The third kappa shape index (κ3) is 12.7. The molecule has 0 atom stereocenters. The van der Waals surface area contributed by atoms with Crippen LogP contribution in [0.2, 0.25) is 12.1 Å². The van der Waals surface area contributed by atoms with Gasteiger partial charge in [-0.25, -0.2) is 12.1 Å². The van der Waals surface area contributed by atoms with Crippen molar-refractivity contribution < 1.29 is 51.0 Å². The zero-order valence-electron chi connectivity index (χ0n) is 16.6. The first-order valence-electron chi connectivity index (χ1n) is 8.05. The quantitative estimate of drug-likeness (QED) is 0.433. The van der Waals surface area contributed by atoms with E-state index in [9.17, 15) is 0 Å². The van der Waals surface area contributed by atoms with Crippen molar-refractivity contribution in [2.45, 2.75) is 67.5 Å². The third-order valence-electron chi connectivity index (χ3n) is 4.11. The van der Waals surface area contributed by atoms with Crippen LogP contribution in [0.15, 0.2) is 24.3 Å². The van der Waals surface area contributed by atoms with Crippen LogP contribution >= 0.6 is 0 Å². The molecule has 0 aromatic heterocycles. The number of aryl methyl sites for hydroxylation is 4. The molecule has 2 aromatic carbocycles. The Labute approximate surface area is 184 Å². The van der Waals surface area contributed by atoms with Gasteiger partial charge in [-0.2, -0.15) is 45.5 Å². The van der Waals surface area contributed by atoms with Crippen molar-refractivity contribution in [1.82, 2.24) is 0 Å². The van der Waals surface area contributed by atoms with Gasteiger partial charge >= 0.3 is 26.2 Å². The summed E-state index contributed by atoms with van der Waals surface area (Å²) in [6.07, 6.45) is 0. The van der Waals surface area contributed by atoms with E-state index < -0.39 is 0 Å². The number of halogens is 2. The van der Waals surface area contributed by atoms with Crippen LogP contribution in [-0.4, -0.2) is 9.52 Å². The Balaban J connectivity index is -0.000000121. The topological polar surface area (TPSA) is 0 Å². The van der Waals surface area contributed by atoms with Gasteiger partial charge in [0.1, 0.15) is 0 Å². The molecular formula is C20H33Cl2SiZr. The molecule has 0 aliphatic heterocycles. The molecule has 2 rings (SSSR count). The van der Waals surface area contributed by atoms with Gasteiger partial charge in [0.15, 0.2) is 0 Å². The van der Waals surface area contributed by atoms with Gasteiger partial charge in [0.05, 0.1) is 0 Å². The van der Waals surface area contributed by atoms with E-state index in [-0.39, 0.29) is 51.0 Å². The second kappa shape index (κ2) is 18.2. The van der Waals surface area contributed by atoms with Crippen molar-refractivity contribution in [2.24, 2.45) is 0 Å². The molecule has 0 saturated heterocycles. The molecule has 0 aliphatic rings. The maximum atomic E-state index is 2.25. The molecular weight excluding hydrogens is 430 g/mol. The second-order valence-electron chi connectivity index (χ2n) is 5.75. The van der Waals surface area contributed by atoms with Crippen LogP contribution in [0.5, 0.6) is 0 Å². The molecule has 0 unspecified atom stereocenters. The van der Waals surface area contributed by atoms with Gasteiger partial charge in [0.2, 0.25) is 0 Å². The van der Waals surface area contributed by atoms with E-state index in [4.69, 9.17) is 0 Å². The van der Waals surface area contributed by atoms with Crippen molar-refractivity contribution in [3.8, 4) is 0 Å². The molecule has 24 heavy (non-hydrogen) atoms. The average Bonchev–Trinajstić information content (AvgIpc) is 2.92. The minimum atomic E-state index is 0. The fraction of sp³-hybridized carbons (Fsp3) is 0.500. The van der Waals surface area contributed by atoms with Crippen LogP contribution in [-0.2, 0) is 26.2 Å². The molecule has 0 spiro atoms. The minimum Gasteiger partial charge on any atom is -1.00 e. The van der Waals surface area contributed by atoms with Gasteiger partial charge in [0, 0.05) is 9.52 Å². The summed E-state index contributed by atoms with van der Waals surface area (Å²) in [7, 11) is 0.815. The summed E-state index contributed by atoms with van der Waals surface area (Å²) in [4.78, 5) is 0. The summed E-state index contributed by atoms with van der Waals surface area (Å²) >= 11 is 0. The van der Waals surface area contributed by atoms with Crippen LogP contribution in [0.3, 0.4) is 0 Å². The van der Waals surface area contributed by atoms with Gasteiger partial charge in [-0.1, -0.05) is 67.5 Å². The first-order chi connectivity index (χ1) is 9.84. The van der Waals surface area contributed by atoms with Crippen LogP contribution < -0.4 is 24.8 Å². The fourth-order valence-corrected chi connectivity index (χ4v) is 2.49. The van der Waals surface area contributed by atoms with E-state index in [1.54, 1.807) is 0 Å². The first-order valence-corrected chi connectivity index (χ1v) is 9.69. The largest absolute Gasteiger partial charge is 4.00 e. The Morgan fingerprint density at radius 3 is 1.08 bits per heavy atom. The molecule has 0 bridgehead atoms. The maximum Gasteiger partial charge on any atom is 4.00 e. The minimum absolute atomic E-state index is 0. The average molecular weight is 464 g/mol.